The second-order valence-corrected chi connectivity index (χ2v) is 4.80. The van der Waals surface area contributed by atoms with Gasteiger partial charge in [0.15, 0.2) is 0 Å². The van der Waals surface area contributed by atoms with Crippen LogP contribution in [0.3, 0.4) is 0 Å². The van der Waals surface area contributed by atoms with Gasteiger partial charge in [-0.25, -0.2) is 8.78 Å². The Labute approximate surface area is 116 Å². The summed E-state index contributed by atoms with van der Waals surface area (Å²) in [4.78, 5) is 0. The van der Waals surface area contributed by atoms with Crippen molar-refractivity contribution < 1.29 is 8.78 Å². The fourth-order valence-corrected chi connectivity index (χ4v) is 2.32. The average Bonchev–Trinajstić information content (AvgIpc) is 2.39. The summed E-state index contributed by atoms with van der Waals surface area (Å²) in [5.74, 6) is -0.843. The number of benzene rings is 2. The first-order valence-corrected chi connectivity index (χ1v) is 6.38. The third kappa shape index (κ3) is 3.31. The average molecular weight is 282 g/mol. The van der Waals surface area contributed by atoms with Gasteiger partial charge in [-0.05, 0) is 42.3 Å². The first kappa shape index (κ1) is 14.0. The van der Waals surface area contributed by atoms with E-state index < -0.39 is 0 Å². The van der Waals surface area contributed by atoms with Gasteiger partial charge in [-0.1, -0.05) is 35.9 Å². The lowest BCUT2D eigenvalue weighted by atomic mass is 9.91. The van der Waals surface area contributed by atoms with Crippen LogP contribution in [-0.4, -0.2) is 6.54 Å². The van der Waals surface area contributed by atoms with E-state index in [2.05, 4.69) is 0 Å². The van der Waals surface area contributed by atoms with Gasteiger partial charge in [0.2, 0.25) is 0 Å². The van der Waals surface area contributed by atoms with Gasteiger partial charge in [-0.2, -0.15) is 0 Å². The zero-order valence-electron chi connectivity index (χ0n) is 10.2. The van der Waals surface area contributed by atoms with Gasteiger partial charge in [-0.3, -0.25) is 0 Å². The van der Waals surface area contributed by atoms with E-state index in [1.54, 1.807) is 24.3 Å². The van der Waals surface area contributed by atoms with E-state index in [1.165, 1.54) is 18.2 Å². The van der Waals surface area contributed by atoms with E-state index in [1.807, 2.05) is 0 Å². The maximum absolute atomic E-state index is 13.7. The second-order valence-electron chi connectivity index (χ2n) is 4.39. The number of halogens is 3. The van der Waals surface area contributed by atoms with E-state index in [0.717, 1.165) is 5.56 Å². The molecule has 0 amide bonds. The highest BCUT2D eigenvalue weighted by Crippen LogP contribution is 2.26. The number of nitrogens with two attached hydrogens (primary N) is 1. The normalized spacial score (nSPS) is 12.4. The maximum Gasteiger partial charge on any atom is 0.126 e. The first-order chi connectivity index (χ1) is 9.11. The summed E-state index contributed by atoms with van der Waals surface area (Å²) in [6.45, 7) is 0.300. The van der Waals surface area contributed by atoms with Gasteiger partial charge < -0.3 is 5.73 Å². The van der Waals surface area contributed by atoms with Crippen molar-refractivity contribution in [3.05, 3.63) is 70.2 Å². The predicted molar refractivity (Wildman–Crippen MR) is 73.3 cm³/mol. The van der Waals surface area contributed by atoms with Gasteiger partial charge in [-0.15, -0.1) is 0 Å². The molecule has 0 aromatic heterocycles. The minimum absolute atomic E-state index is 0.177. The Bertz CT molecular complexity index is 572. The Morgan fingerprint density at radius 2 is 1.84 bits per heavy atom. The summed E-state index contributed by atoms with van der Waals surface area (Å²) in [6.07, 6.45) is 0.483. The minimum atomic E-state index is -0.385. The second kappa shape index (κ2) is 6.13. The molecule has 0 radical (unpaired) electrons. The minimum Gasteiger partial charge on any atom is -0.330 e. The molecule has 2 rings (SSSR count). The lowest BCUT2D eigenvalue weighted by Gasteiger charge is -2.17. The third-order valence-electron chi connectivity index (χ3n) is 3.11. The van der Waals surface area contributed by atoms with Crippen LogP contribution in [0.2, 0.25) is 5.02 Å². The Hall–Kier alpha value is -1.45. The Morgan fingerprint density at radius 1 is 1.11 bits per heavy atom. The van der Waals surface area contributed by atoms with Crippen molar-refractivity contribution in [2.45, 2.75) is 12.3 Å². The van der Waals surface area contributed by atoms with Crippen molar-refractivity contribution >= 4 is 11.6 Å². The molecule has 0 fully saturated rings. The molecule has 0 aliphatic rings. The van der Waals surface area contributed by atoms with E-state index in [4.69, 9.17) is 17.3 Å². The molecule has 0 heterocycles. The molecule has 2 aromatic rings. The van der Waals surface area contributed by atoms with Crippen LogP contribution in [0.5, 0.6) is 0 Å². The fourth-order valence-electron chi connectivity index (χ4n) is 2.08. The molecule has 1 nitrogen and oxygen atoms in total. The zero-order valence-corrected chi connectivity index (χ0v) is 11.0. The SMILES string of the molecule is NCC(Cc1ccc(F)cc1Cl)c1ccccc1F. The highest BCUT2D eigenvalue weighted by Gasteiger charge is 2.16. The molecule has 0 spiro atoms. The Morgan fingerprint density at radius 3 is 2.47 bits per heavy atom. The van der Waals surface area contributed by atoms with Crippen molar-refractivity contribution in [1.29, 1.82) is 0 Å². The maximum atomic E-state index is 13.7. The molecule has 1 unspecified atom stereocenters. The quantitative estimate of drug-likeness (QED) is 0.904. The van der Waals surface area contributed by atoms with Gasteiger partial charge in [0.05, 0.1) is 0 Å². The van der Waals surface area contributed by atoms with E-state index in [-0.39, 0.29) is 17.6 Å². The summed E-state index contributed by atoms with van der Waals surface area (Å²) >= 11 is 5.98. The molecule has 0 saturated carbocycles. The molecule has 2 N–H and O–H groups in total. The number of rotatable bonds is 4. The smallest absolute Gasteiger partial charge is 0.126 e. The van der Waals surface area contributed by atoms with Gasteiger partial charge in [0.25, 0.3) is 0 Å². The predicted octanol–water partition coefficient (Wildman–Crippen LogP) is 3.90. The van der Waals surface area contributed by atoms with Crippen LogP contribution in [0.1, 0.15) is 17.0 Å². The van der Waals surface area contributed by atoms with Crippen molar-refractivity contribution in [3.63, 3.8) is 0 Å². The molecular formula is C15H14ClF2N. The molecule has 4 heteroatoms. The van der Waals surface area contributed by atoms with Crippen LogP contribution in [0.4, 0.5) is 8.78 Å². The van der Waals surface area contributed by atoms with Crippen LogP contribution < -0.4 is 5.73 Å². The zero-order chi connectivity index (χ0) is 13.8. The Kier molecular flexibility index (Phi) is 4.51. The van der Waals surface area contributed by atoms with E-state index >= 15 is 0 Å². The molecule has 0 aliphatic carbocycles. The summed E-state index contributed by atoms with van der Waals surface area (Å²) in [5, 5.41) is 0.342. The fraction of sp³-hybridized carbons (Fsp3) is 0.200. The van der Waals surface area contributed by atoms with Gasteiger partial charge in [0.1, 0.15) is 11.6 Å². The topological polar surface area (TPSA) is 26.0 Å². The summed E-state index contributed by atoms with van der Waals surface area (Å²) in [7, 11) is 0. The molecule has 19 heavy (non-hydrogen) atoms. The lowest BCUT2D eigenvalue weighted by molar-refractivity contribution is 0.575. The van der Waals surface area contributed by atoms with Crippen molar-refractivity contribution in [1.82, 2.24) is 0 Å². The van der Waals surface area contributed by atoms with Crippen LogP contribution in [0.25, 0.3) is 0 Å². The summed E-state index contributed by atoms with van der Waals surface area (Å²) in [6, 6.07) is 10.7. The summed E-state index contributed by atoms with van der Waals surface area (Å²) in [5.41, 5.74) is 7.04. The van der Waals surface area contributed by atoms with Crippen molar-refractivity contribution in [2.75, 3.05) is 6.54 Å². The lowest BCUT2D eigenvalue weighted by Crippen LogP contribution is -2.16. The molecule has 1 atom stereocenters. The van der Waals surface area contributed by atoms with Crippen LogP contribution in [-0.2, 0) is 6.42 Å². The standard InChI is InChI=1S/C15H14ClF2N/c16-14-8-12(17)6-5-10(14)7-11(9-19)13-3-1-2-4-15(13)18/h1-6,8,11H,7,9,19H2. The van der Waals surface area contributed by atoms with Crippen molar-refractivity contribution in [2.24, 2.45) is 5.73 Å². The molecule has 0 saturated heterocycles. The van der Waals surface area contributed by atoms with Crippen LogP contribution in [0.15, 0.2) is 42.5 Å². The van der Waals surface area contributed by atoms with Crippen LogP contribution >= 0.6 is 11.6 Å². The largest absolute Gasteiger partial charge is 0.330 e. The van der Waals surface area contributed by atoms with Crippen LogP contribution in [0, 0.1) is 11.6 Å². The molecule has 0 aliphatic heterocycles. The Balaban J connectivity index is 2.27. The van der Waals surface area contributed by atoms with Gasteiger partial charge in [0, 0.05) is 10.9 Å². The molecular weight excluding hydrogens is 268 g/mol. The highest BCUT2D eigenvalue weighted by molar-refractivity contribution is 6.31. The van der Waals surface area contributed by atoms with E-state index in [0.29, 0.717) is 23.6 Å². The molecule has 100 valence electrons. The highest BCUT2D eigenvalue weighted by atomic mass is 35.5. The van der Waals surface area contributed by atoms with Crippen molar-refractivity contribution in [3.8, 4) is 0 Å². The first-order valence-electron chi connectivity index (χ1n) is 6.00. The molecule has 0 bridgehead atoms. The van der Waals surface area contributed by atoms with Gasteiger partial charge >= 0.3 is 0 Å². The number of hydrogen-bond acceptors (Lipinski definition) is 1. The third-order valence-corrected chi connectivity index (χ3v) is 3.46. The van der Waals surface area contributed by atoms with E-state index in [9.17, 15) is 8.78 Å². The number of hydrogen-bond donors (Lipinski definition) is 1. The monoisotopic (exact) mass is 281 g/mol. The summed E-state index contributed by atoms with van der Waals surface area (Å²) < 4.78 is 26.7. The molecule has 2 aromatic carbocycles.